The Balaban J connectivity index is 1.85. The van der Waals surface area contributed by atoms with E-state index in [9.17, 15) is 14.4 Å². The number of nitrogens with two attached hydrogens (primary N) is 1. The van der Waals surface area contributed by atoms with Gasteiger partial charge < -0.3 is 25.3 Å². The number of benzene rings is 3. The largest absolute Gasteiger partial charge is 0.493 e. The number of H-pyrrole nitrogens is 1. The maximum Gasteiger partial charge on any atom is 0.348 e. The number of ether oxygens (including phenoxy) is 3. The van der Waals surface area contributed by atoms with Gasteiger partial charge in [0, 0.05) is 29.8 Å². The van der Waals surface area contributed by atoms with E-state index in [1.165, 1.54) is 38.5 Å². The van der Waals surface area contributed by atoms with Crippen molar-refractivity contribution in [1.29, 1.82) is 5.41 Å². The van der Waals surface area contributed by atoms with E-state index in [0.29, 0.717) is 11.3 Å². The van der Waals surface area contributed by atoms with Gasteiger partial charge in [-0.3, -0.25) is 15.2 Å². The smallest absolute Gasteiger partial charge is 0.348 e. The van der Waals surface area contributed by atoms with Crippen LogP contribution in [0.1, 0.15) is 40.3 Å². The number of methoxy groups -OCH3 is 2. The molecule has 0 aliphatic rings. The zero-order valence-electron chi connectivity index (χ0n) is 21.7. The summed E-state index contributed by atoms with van der Waals surface area (Å²) in [6.45, 7) is 1.08. The first-order valence-electron chi connectivity index (χ1n) is 11.8. The third kappa shape index (κ3) is 5.67. The van der Waals surface area contributed by atoms with Gasteiger partial charge in [0.25, 0.3) is 0 Å². The van der Waals surface area contributed by atoms with Crippen molar-refractivity contribution < 1.29 is 28.2 Å². The van der Waals surface area contributed by atoms with Crippen molar-refractivity contribution in [2.24, 2.45) is 5.73 Å². The van der Waals surface area contributed by atoms with Gasteiger partial charge in [-0.25, -0.2) is 14.0 Å². The molecule has 0 saturated heterocycles. The lowest BCUT2D eigenvalue weighted by molar-refractivity contribution is -0.135. The summed E-state index contributed by atoms with van der Waals surface area (Å²) in [5.41, 5.74) is 5.79. The SMILES string of the molecule is COc1cc(F)c(C(Nc2ccc(C(=N)N)cc2)c2nn(-c3ccccc3C(=O)OC(C)=O)c(=O)[nH]2)cc1OC. The lowest BCUT2D eigenvalue weighted by atomic mass is 10.0. The second-order valence-corrected chi connectivity index (χ2v) is 8.42. The highest BCUT2D eigenvalue weighted by atomic mass is 19.1. The Morgan fingerprint density at radius 1 is 1.07 bits per heavy atom. The van der Waals surface area contributed by atoms with Crippen molar-refractivity contribution in [3.8, 4) is 17.2 Å². The van der Waals surface area contributed by atoms with Crippen LogP contribution >= 0.6 is 0 Å². The molecule has 0 fully saturated rings. The quantitative estimate of drug-likeness (QED) is 0.106. The van der Waals surface area contributed by atoms with Crippen molar-refractivity contribution in [2.45, 2.75) is 13.0 Å². The Labute approximate surface area is 227 Å². The van der Waals surface area contributed by atoms with E-state index >= 15 is 4.39 Å². The molecule has 0 aliphatic carbocycles. The maximum absolute atomic E-state index is 15.4. The molecule has 0 saturated carbocycles. The van der Waals surface area contributed by atoms with Crippen molar-refractivity contribution >= 4 is 23.5 Å². The fourth-order valence-corrected chi connectivity index (χ4v) is 3.95. The first-order valence-corrected chi connectivity index (χ1v) is 11.8. The van der Waals surface area contributed by atoms with Crippen LogP contribution in [0, 0.1) is 11.2 Å². The van der Waals surface area contributed by atoms with E-state index in [0.717, 1.165) is 17.7 Å². The van der Waals surface area contributed by atoms with Crippen LogP contribution in [-0.2, 0) is 9.53 Å². The molecule has 0 bridgehead atoms. The highest BCUT2D eigenvalue weighted by Gasteiger charge is 2.27. The van der Waals surface area contributed by atoms with Crippen LogP contribution in [0.4, 0.5) is 10.1 Å². The van der Waals surface area contributed by atoms with E-state index in [2.05, 4.69) is 20.1 Å². The van der Waals surface area contributed by atoms with Gasteiger partial charge in [-0.05, 0) is 42.5 Å². The third-order valence-corrected chi connectivity index (χ3v) is 5.82. The molecular formula is C27H25FN6O6. The van der Waals surface area contributed by atoms with Crippen LogP contribution in [0.25, 0.3) is 5.69 Å². The predicted octanol–water partition coefficient (Wildman–Crippen LogP) is 2.91. The number of hydrogen-bond acceptors (Lipinski definition) is 9. The molecule has 3 aromatic carbocycles. The molecule has 1 atom stereocenters. The summed E-state index contributed by atoms with van der Waals surface area (Å²) < 4.78 is 31.6. The van der Waals surface area contributed by atoms with Gasteiger partial charge in [-0.15, -0.1) is 5.10 Å². The van der Waals surface area contributed by atoms with Gasteiger partial charge in [0.05, 0.1) is 25.5 Å². The van der Waals surface area contributed by atoms with Crippen molar-refractivity contribution in [3.63, 3.8) is 0 Å². The molecule has 40 heavy (non-hydrogen) atoms. The van der Waals surface area contributed by atoms with Gasteiger partial charge in [0.1, 0.15) is 17.7 Å². The molecular weight excluding hydrogens is 523 g/mol. The number of carbonyl (C=O) groups excluding carboxylic acids is 2. The second kappa shape index (κ2) is 11.5. The van der Waals surface area contributed by atoms with Crippen LogP contribution in [-0.4, -0.2) is 46.8 Å². The highest BCUT2D eigenvalue weighted by molar-refractivity contribution is 5.99. The number of rotatable bonds is 9. The molecule has 0 amide bonds. The minimum Gasteiger partial charge on any atom is -0.493 e. The molecule has 4 rings (SSSR count). The molecule has 0 aliphatic heterocycles. The van der Waals surface area contributed by atoms with Crippen LogP contribution in [0.15, 0.2) is 65.5 Å². The molecule has 0 radical (unpaired) electrons. The summed E-state index contributed by atoms with van der Waals surface area (Å²) in [5, 5.41) is 15.1. The molecule has 13 heteroatoms. The summed E-state index contributed by atoms with van der Waals surface area (Å²) in [6, 6.07) is 13.9. The zero-order chi connectivity index (χ0) is 29.0. The lowest BCUT2D eigenvalue weighted by Crippen LogP contribution is -2.20. The number of nitrogens with zero attached hydrogens (tertiary/aromatic N) is 2. The number of carbonyl (C=O) groups is 2. The van der Waals surface area contributed by atoms with Gasteiger partial charge >= 0.3 is 17.6 Å². The third-order valence-electron chi connectivity index (χ3n) is 5.82. The standard InChI is InChI=1S/C27H25FN6O6/c1-14(35)40-26(36)17-6-4-5-7-20(17)34-27(37)32-25(33-34)23(31-16-10-8-15(9-11-16)24(29)30)18-12-21(38-2)22(39-3)13-19(18)28/h4-13,23,31H,1-3H3,(H3,29,30)(H,32,33,37). The highest BCUT2D eigenvalue weighted by Crippen LogP contribution is 2.35. The average Bonchev–Trinajstić information content (AvgIpc) is 3.32. The normalized spacial score (nSPS) is 11.4. The summed E-state index contributed by atoms with van der Waals surface area (Å²) in [4.78, 5) is 39.5. The Bertz CT molecular complexity index is 1650. The molecule has 206 valence electrons. The zero-order valence-corrected chi connectivity index (χ0v) is 21.7. The van der Waals surface area contributed by atoms with E-state index < -0.39 is 29.5 Å². The fraction of sp³-hybridized carbons (Fsp3) is 0.148. The Morgan fingerprint density at radius 3 is 2.35 bits per heavy atom. The first kappa shape index (κ1) is 27.6. The fourth-order valence-electron chi connectivity index (χ4n) is 3.95. The Morgan fingerprint density at radius 2 is 1.73 bits per heavy atom. The number of amidine groups is 1. The summed E-state index contributed by atoms with van der Waals surface area (Å²) in [5.74, 6) is -2.22. The minimum absolute atomic E-state index is 0.0125. The van der Waals surface area contributed by atoms with Crippen LogP contribution in [0.3, 0.4) is 0 Å². The van der Waals surface area contributed by atoms with Crippen LogP contribution in [0.5, 0.6) is 11.5 Å². The number of esters is 2. The van der Waals surface area contributed by atoms with Crippen molar-refractivity contribution in [1.82, 2.24) is 14.8 Å². The van der Waals surface area contributed by atoms with Gasteiger partial charge in [0.2, 0.25) is 0 Å². The number of aromatic amines is 1. The van der Waals surface area contributed by atoms with E-state index in [4.69, 9.17) is 20.6 Å². The topological polar surface area (TPSA) is 174 Å². The van der Waals surface area contributed by atoms with Crippen molar-refractivity contribution in [2.75, 3.05) is 19.5 Å². The predicted molar refractivity (Wildman–Crippen MR) is 143 cm³/mol. The van der Waals surface area contributed by atoms with E-state index in [-0.39, 0.29) is 40.0 Å². The minimum atomic E-state index is -1.08. The molecule has 1 aromatic heterocycles. The van der Waals surface area contributed by atoms with E-state index in [1.54, 1.807) is 30.3 Å². The first-order chi connectivity index (χ1) is 19.1. The molecule has 4 aromatic rings. The van der Waals surface area contributed by atoms with Crippen molar-refractivity contribution in [3.05, 3.63) is 99.5 Å². The van der Waals surface area contributed by atoms with Crippen LogP contribution < -0.4 is 26.2 Å². The van der Waals surface area contributed by atoms with Gasteiger partial charge in [-0.1, -0.05) is 12.1 Å². The number of aromatic nitrogens is 3. The monoisotopic (exact) mass is 548 g/mol. The Hall–Kier alpha value is -5.46. The molecule has 1 heterocycles. The number of halogens is 1. The molecule has 5 N–H and O–H groups in total. The number of nitrogen functional groups attached to an aromatic ring is 1. The van der Waals surface area contributed by atoms with Crippen LogP contribution in [0.2, 0.25) is 0 Å². The number of hydrogen-bond donors (Lipinski definition) is 4. The number of para-hydroxylation sites is 1. The maximum atomic E-state index is 15.4. The van der Waals surface area contributed by atoms with E-state index in [1.807, 2.05) is 0 Å². The molecule has 12 nitrogen and oxygen atoms in total. The second-order valence-electron chi connectivity index (χ2n) is 8.42. The molecule has 1 unspecified atom stereocenters. The van der Waals surface area contributed by atoms with Gasteiger partial charge in [-0.2, -0.15) is 4.68 Å². The summed E-state index contributed by atoms with van der Waals surface area (Å²) in [6.07, 6.45) is 0. The number of anilines is 1. The summed E-state index contributed by atoms with van der Waals surface area (Å²) in [7, 11) is 2.77. The number of nitrogens with one attached hydrogen (secondary N) is 3. The van der Waals surface area contributed by atoms with Gasteiger partial charge in [0.15, 0.2) is 17.3 Å². The summed E-state index contributed by atoms with van der Waals surface area (Å²) >= 11 is 0. The Kier molecular flexibility index (Phi) is 7.94. The lowest BCUT2D eigenvalue weighted by Gasteiger charge is -2.20. The average molecular weight is 549 g/mol. The molecule has 0 spiro atoms.